The maximum Gasteiger partial charge on any atom is 0.262 e. The van der Waals surface area contributed by atoms with Crippen molar-refractivity contribution in [2.24, 2.45) is 10.8 Å². The lowest BCUT2D eigenvalue weighted by molar-refractivity contribution is -0.120. The molecule has 3 aliphatic rings. The molecule has 6 rings (SSSR count). The maximum atomic E-state index is 14.3. The van der Waals surface area contributed by atoms with Gasteiger partial charge in [-0.2, -0.15) is 0 Å². The van der Waals surface area contributed by atoms with Gasteiger partial charge < -0.3 is 19.7 Å². The lowest BCUT2D eigenvalue weighted by Crippen LogP contribution is -2.45. The molecular formula is C42H47ClN2O5. The fraction of sp³-hybridized carbons (Fsp3) is 0.405. The minimum Gasteiger partial charge on any atom is -0.490 e. The Bertz CT molecular complexity index is 1840. The number of anilines is 1. The number of allylic oxidation sites excluding steroid dienone is 4. The van der Waals surface area contributed by atoms with Gasteiger partial charge in [0.15, 0.2) is 29.7 Å². The number of hydrogen-bond acceptors (Lipinski definition) is 6. The van der Waals surface area contributed by atoms with E-state index in [1.807, 2.05) is 62.4 Å². The van der Waals surface area contributed by atoms with E-state index in [4.69, 9.17) is 21.1 Å². The molecule has 2 aliphatic carbocycles. The summed E-state index contributed by atoms with van der Waals surface area (Å²) >= 11 is 6.97. The first-order valence-corrected chi connectivity index (χ1v) is 17.9. The third kappa shape index (κ3) is 7.39. The van der Waals surface area contributed by atoms with Crippen LogP contribution < -0.4 is 14.8 Å². The molecule has 1 aliphatic heterocycles. The Morgan fingerprint density at radius 1 is 0.860 bits per heavy atom. The summed E-state index contributed by atoms with van der Waals surface area (Å²) in [7, 11) is 0. The summed E-state index contributed by atoms with van der Waals surface area (Å²) in [6.45, 7) is 13.1. The summed E-state index contributed by atoms with van der Waals surface area (Å²) in [5.41, 5.74) is 6.44. The Labute approximate surface area is 300 Å². The minimum atomic E-state index is -0.588. The summed E-state index contributed by atoms with van der Waals surface area (Å²) in [5, 5.41) is 3.13. The normalized spacial score (nSPS) is 18.5. The molecule has 0 unspecified atom stereocenters. The molecule has 7 nitrogen and oxygen atoms in total. The topological polar surface area (TPSA) is 84.9 Å². The summed E-state index contributed by atoms with van der Waals surface area (Å²) in [6, 6.07) is 21.5. The molecule has 3 aromatic carbocycles. The number of carbonyl (C=O) groups is 3. The Morgan fingerprint density at radius 2 is 1.46 bits per heavy atom. The number of benzene rings is 3. The van der Waals surface area contributed by atoms with E-state index in [2.05, 4.69) is 50.0 Å². The van der Waals surface area contributed by atoms with Crippen molar-refractivity contribution < 1.29 is 23.9 Å². The van der Waals surface area contributed by atoms with Crippen LogP contribution in [0, 0.1) is 17.8 Å². The maximum absolute atomic E-state index is 14.3. The largest absolute Gasteiger partial charge is 0.490 e. The summed E-state index contributed by atoms with van der Waals surface area (Å²) < 4.78 is 12.1. The van der Waals surface area contributed by atoms with Gasteiger partial charge >= 0.3 is 0 Å². The van der Waals surface area contributed by atoms with Crippen LogP contribution in [0.1, 0.15) is 82.9 Å². The van der Waals surface area contributed by atoms with E-state index in [-0.39, 0.29) is 45.7 Å². The van der Waals surface area contributed by atoms with Gasteiger partial charge in [0.1, 0.15) is 0 Å². The quantitative estimate of drug-likeness (QED) is 0.228. The van der Waals surface area contributed by atoms with Crippen molar-refractivity contribution >= 4 is 34.8 Å². The van der Waals surface area contributed by atoms with Crippen molar-refractivity contribution in [1.29, 1.82) is 0 Å². The fourth-order valence-corrected chi connectivity index (χ4v) is 8.01. The molecule has 0 saturated heterocycles. The Morgan fingerprint density at radius 3 is 2.06 bits per heavy atom. The van der Waals surface area contributed by atoms with Gasteiger partial charge in [-0.15, -0.1) is 0 Å². The fourth-order valence-electron chi connectivity index (χ4n) is 7.73. The lowest BCUT2D eigenvalue weighted by Gasteiger charge is -2.49. The van der Waals surface area contributed by atoms with Crippen molar-refractivity contribution in [2.75, 3.05) is 25.1 Å². The molecule has 0 radical (unpaired) electrons. The zero-order valence-corrected chi connectivity index (χ0v) is 30.7. The summed E-state index contributed by atoms with van der Waals surface area (Å²) in [5.74, 6) is -0.208. The van der Waals surface area contributed by atoms with Crippen molar-refractivity contribution in [3.63, 3.8) is 0 Å². The SMILES string of the molecule is CCOc1cc(C2C3=C(CC(C)(C)CC3=O)N(CCc3ccccc3)C3=C2C(=O)CC(C)(C)C3)cc(Cl)c1OCC(=O)Nc1ccccc1C. The van der Waals surface area contributed by atoms with Gasteiger partial charge in [-0.05, 0) is 78.8 Å². The van der Waals surface area contributed by atoms with Gasteiger partial charge in [-0.25, -0.2) is 0 Å². The highest BCUT2D eigenvalue weighted by atomic mass is 35.5. The predicted octanol–water partition coefficient (Wildman–Crippen LogP) is 8.99. The van der Waals surface area contributed by atoms with E-state index in [1.54, 1.807) is 6.07 Å². The average Bonchev–Trinajstić information content (AvgIpc) is 3.03. The van der Waals surface area contributed by atoms with Crippen molar-refractivity contribution in [3.8, 4) is 11.5 Å². The van der Waals surface area contributed by atoms with Gasteiger partial charge in [0.05, 0.1) is 11.6 Å². The van der Waals surface area contributed by atoms with Crippen LogP contribution in [-0.4, -0.2) is 42.1 Å². The van der Waals surface area contributed by atoms with Crippen LogP contribution in [0.25, 0.3) is 0 Å². The highest BCUT2D eigenvalue weighted by Crippen LogP contribution is 2.55. The average molecular weight is 695 g/mol. The molecule has 50 heavy (non-hydrogen) atoms. The van der Waals surface area contributed by atoms with Gasteiger partial charge in [-0.3, -0.25) is 14.4 Å². The highest BCUT2D eigenvalue weighted by molar-refractivity contribution is 6.32. The van der Waals surface area contributed by atoms with Crippen LogP contribution in [0.2, 0.25) is 5.02 Å². The van der Waals surface area contributed by atoms with Crippen LogP contribution in [-0.2, 0) is 20.8 Å². The zero-order chi connectivity index (χ0) is 35.8. The number of Topliss-reactive ketones (excluding diaryl/α,β-unsaturated/α-hetero) is 2. The first-order valence-electron chi connectivity index (χ1n) is 17.6. The number of hydrogen-bond donors (Lipinski definition) is 1. The molecule has 1 N–H and O–H groups in total. The predicted molar refractivity (Wildman–Crippen MR) is 198 cm³/mol. The summed E-state index contributed by atoms with van der Waals surface area (Å²) in [4.78, 5) is 43.8. The molecule has 0 aromatic heterocycles. The van der Waals surface area contributed by atoms with E-state index >= 15 is 0 Å². The Kier molecular flexibility index (Phi) is 10.0. The number of amides is 1. The van der Waals surface area contributed by atoms with Crippen LogP contribution >= 0.6 is 11.6 Å². The van der Waals surface area contributed by atoms with Gasteiger partial charge in [0.2, 0.25) is 0 Å². The van der Waals surface area contributed by atoms with Crippen LogP contribution in [0.3, 0.4) is 0 Å². The third-order valence-electron chi connectivity index (χ3n) is 9.92. The molecule has 1 heterocycles. The molecular weight excluding hydrogens is 648 g/mol. The third-order valence-corrected chi connectivity index (χ3v) is 10.2. The second-order valence-electron chi connectivity index (χ2n) is 15.3. The van der Waals surface area contributed by atoms with Gasteiger partial charge in [0, 0.05) is 53.5 Å². The number of nitrogens with one attached hydrogen (secondary N) is 1. The van der Waals surface area contributed by atoms with Crippen molar-refractivity contribution in [3.05, 3.63) is 111 Å². The highest BCUT2D eigenvalue weighted by Gasteiger charge is 2.49. The van der Waals surface area contributed by atoms with E-state index in [0.717, 1.165) is 23.4 Å². The molecule has 0 saturated carbocycles. The molecule has 0 spiro atoms. The first kappa shape index (κ1) is 35.5. The van der Waals surface area contributed by atoms with Crippen LogP contribution in [0.15, 0.2) is 89.3 Å². The second-order valence-corrected chi connectivity index (χ2v) is 15.7. The molecule has 1 amide bonds. The minimum absolute atomic E-state index is 0.0532. The van der Waals surface area contributed by atoms with E-state index < -0.39 is 5.92 Å². The molecule has 0 fully saturated rings. The van der Waals surface area contributed by atoms with Gasteiger partial charge in [-0.1, -0.05) is 87.8 Å². The molecule has 8 heteroatoms. The van der Waals surface area contributed by atoms with Crippen LogP contribution in [0.4, 0.5) is 5.69 Å². The molecule has 262 valence electrons. The summed E-state index contributed by atoms with van der Waals surface area (Å²) in [6.07, 6.45) is 2.99. The Hall–Kier alpha value is -4.36. The van der Waals surface area contributed by atoms with Crippen molar-refractivity contribution in [2.45, 2.75) is 79.6 Å². The molecule has 3 aromatic rings. The number of carbonyl (C=O) groups excluding carboxylic acids is 3. The number of ether oxygens (including phenoxy) is 2. The number of rotatable bonds is 10. The zero-order valence-electron chi connectivity index (χ0n) is 30.0. The molecule has 0 atom stereocenters. The second kappa shape index (κ2) is 14.1. The lowest BCUT2D eigenvalue weighted by atomic mass is 9.63. The number of halogens is 1. The first-order chi connectivity index (χ1) is 23.8. The van der Waals surface area contributed by atoms with E-state index in [0.29, 0.717) is 67.0 Å². The number of nitrogens with zero attached hydrogens (tertiary/aromatic N) is 1. The standard InChI is InChI=1S/C42H47ClN2O5/c1-7-49-35-20-28(19-29(43)40(35)50-25-36(48)44-30-16-12-11-13-26(30)2)37-38-31(21-41(3,4)23-33(38)46)45(18-17-27-14-9-8-10-15-27)32-22-42(5,6)24-34(47)39(32)37/h8-16,19-20,37H,7,17-18,21-25H2,1-6H3,(H,44,48). The van der Waals surface area contributed by atoms with Crippen molar-refractivity contribution in [1.82, 2.24) is 4.90 Å². The van der Waals surface area contributed by atoms with E-state index in [9.17, 15) is 14.4 Å². The smallest absolute Gasteiger partial charge is 0.262 e. The Balaban J connectivity index is 1.42. The number of aryl methyl sites for hydroxylation is 1. The van der Waals surface area contributed by atoms with Gasteiger partial charge in [0.25, 0.3) is 5.91 Å². The molecule has 0 bridgehead atoms. The number of ketones is 2. The number of para-hydroxylation sites is 1. The van der Waals surface area contributed by atoms with E-state index in [1.165, 1.54) is 5.56 Å². The van der Waals surface area contributed by atoms with Crippen LogP contribution in [0.5, 0.6) is 11.5 Å². The monoisotopic (exact) mass is 694 g/mol.